The third kappa shape index (κ3) is 5.19. The summed E-state index contributed by atoms with van der Waals surface area (Å²) in [4.78, 5) is 15.8. The van der Waals surface area contributed by atoms with Crippen molar-refractivity contribution in [1.82, 2.24) is 14.7 Å². The minimum Gasteiger partial charge on any atom is -0.494 e. The standard InChI is InChI=1S/C24H25FN4O2/c1-31-23-9-7-19(15-22(23)25)17-27-11-13-28(14-12-27)24(30)10-8-20-16-26-29(18-20)21-5-3-2-4-6-21/h2-10,15-16,18H,11-14,17H2,1H3/p+1/b10-8+. The summed E-state index contributed by atoms with van der Waals surface area (Å²) < 4.78 is 20.7. The second-order valence-corrected chi connectivity index (χ2v) is 7.61. The van der Waals surface area contributed by atoms with Crippen LogP contribution in [0.3, 0.4) is 0 Å². The molecule has 3 aromatic rings. The van der Waals surface area contributed by atoms with E-state index in [-0.39, 0.29) is 17.5 Å². The van der Waals surface area contributed by atoms with Gasteiger partial charge in [-0.1, -0.05) is 18.2 Å². The fraction of sp³-hybridized carbons (Fsp3) is 0.250. The Bertz CT molecular complexity index is 1060. The molecule has 4 rings (SSSR count). The van der Waals surface area contributed by atoms with Gasteiger partial charge in [0.25, 0.3) is 0 Å². The summed E-state index contributed by atoms with van der Waals surface area (Å²) in [5.74, 6) is -0.0776. The molecule has 2 heterocycles. The molecule has 0 unspecified atom stereocenters. The smallest absolute Gasteiger partial charge is 0.246 e. The SMILES string of the molecule is COc1ccc(C[NH+]2CCN(C(=O)/C=C/c3cnn(-c4ccccc4)c3)CC2)cc1F. The number of hydrogen-bond donors (Lipinski definition) is 1. The van der Waals surface area contributed by atoms with E-state index in [0.717, 1.165) is 36.4 Å². The van der Waals surface area contributed by atoms with Crippen LogP contribution in [0.4, 0.5) is 4.39 Å². The highest BCUT2D eigenvalue weighted by atomic mass is 19.1. The maximum Gasteiger partial charge on any atom is 0.246 e. The molecule has 0 bridgehead atoms. The van der Waals surface area contributed by atoms with Crippen LogP contribution in [0, 0.1) is 5.82 Å². The average molecular weight is 421 g/mol. The number of piperazine rings is 1. The van der Waals surface area contributed by atoms with Gasteiger partial charge in [0.15, 0.2) is 11.6 Å². The Labute approximate surface area is 181 Å². The second kappa shape index (κ2) is 9.57. The van der Waals surface area contributed by atoms with Gasteiger partial charge in [-0.2, -0.15) is 5.10 Å². The first-order chi connectivity index (χ1) is 15.1. The van der Waals surface area contributed by atoms with Gasteiger partial charge in [0, 0.05) is 23.4 Å². The minimum absolute atomic E-state index is 0.00185. The lowest BCUT2D eigenvalue weighted by Gasteiger charge is -2.31. The Hall–Kier alpha value is -3.45. The summed E-state index contributed by atoms with van der Waals surface area (Å²) >= 11 is 0. The molecule has 0 spiro atoms. The van der Waals surface area contributed by atoms with E-state index < -0.39 is 0 Å². The number of methoxy groups -OCH3 is 1. The molecule has 1 amide bonds. The number of nitrogens with zero attached hydrogens (tertiary/aromatic N) is 3. The Kier molecular flexibility index (Phi) is 6.43. The fourth-order valence-electron chi connectivity index (χ4n) is 3.75. The van der Waals surface area contributed by atoms with Crippen molar-refractivity contribution in [3.8, 4) is 11.4 Å². The molecule has 0 saturated carbocycles. The molecule has 31 heavy (non-hydrogen) atoms. The van der Waals surface area contributed by atoms with Gasteiger partial charge >= 0.3 is 0 Å². The molecule has 0 radical (unpaired) electrons. The van der Waals surface area contributed by atoms with Crippen molar-refractivity contribution in [2.45, 2.75) is 6.54 Å². The molecule has 1 aliphatic heterocycles. The maximum atomic E-state index is 13.9. The highest BCUT2D eigenvalue weighted by molar-refractivity contribution is 5.91. The van der Waals surface area contributed by atoms with E-state index >= 15 is 0 Å². The summed E-state index contributed by atoms with van der Waals surface area (Å²) in [6.07, 6.45) is 7.05. The number of carbonyl (C=O) groups is 1. The van der Waals surface area contributed by atoms with Gasteiger partial charge in [0.05, 0.1) is 45.2 Å². The van der Waals surface area contributed by atoms with Crippen LogP contribution in [0.5, 0.6) is 5.75 Å². The monoisotopic (exact) mass is 421 g/mol. The number of benzene rings is 2. The lowest BCUT2D eigenvalue weighted by Crippen LogP contribution is -3.13. The van der Waals surface area contributed by atoms with Crippen molar-refractivity contribution in [3.63, 3.8) is 0 Å². The van der Waals surface area contributed by atoms with E-state index in [2.05, 4.69) is 5.10 Å². The van der Waals surface area contributed by atoms with Crippen LogP contribution in [-0.4, -0.2) is 53.9 Å². The van der Waals surface area contributed by atoms with E-state index in [9.17, 15) is 9.18 Å². The molecule has 2 aromatic carbocycles. The lowest BCUT2D eigenvalue weighted by atomic mass is 10.1. The van der Waals surface area contributed by atoms with Crippen molar-refractivity contribution < 1.29 is 18.8 Å². The van der Waals surface area contributed by atoms with Crippen molar-refractivity contribution in [2.75, 3.05) is 33.3 Å². The second-order valence-electron chi connectivity index (χ2n) is 7.61. The zero-order valence-corrected chi connectivity index (χ0v) is 17.5. The number of para-hydroxylation sites is 1. The predicted molar refractivity (Wildman–Crippen MR) is 117 cm³/mol. The van der Waals surface area contributed by atoms with Gasteiger partial charge in [-0.05, 0) is 36.4 Å². The number of carbonyl (C=O) groups excluding carboxylic acids is 1. The normalized spacial score (nSPS) is 14.8. The lowest BCUT2D eigenvalue weighted by molar-refractivity contribution is -0.917. The highest BCUT2D eigenvalue weighted by Crippen LogP contribution is 2.17. The molecule has 1 saturated heterocycles. The van der Waals surface area contributed by atoms with Gasteiger partial charge in [0.2, 0.25) is 5.91 Å². The Balaban J connectivity index is 1.28. The van der Waals surface area contributed by atoms with Crippen LogP contribution < -0.4 is 9.64 Å². The Morgan fingerprint density at radius 1 is 1.19 bits per heavy atom. The highest BCUT2D eigenvalue weighted by Gasteiger charge is 2.22. The van der Waals surface area contributed by atoms with Crippen molar-refractivity contribution in [3.05, 3.63) is 83.9 Å². The summed E-state index contributed by atoms with van der Waals surface area (Å²) in [7, 11) is 1.46. The van der Waals surface area contributed by atoms with E-state index in [4.69, 9.17) is 4.74 Å². The number of nitrogens with one attached hydrogen (secondary N) is 1. The molecule has 1 aliphatic rings. The number of quaternary nitrogens is 1. The average Bonchev–Trinajstić information content (AvgIpc) is 3.28. The zero-order chi connectivity index (χ0) is 21.6. The van der Waals surface area contributed by atoms with Crippen LogP contribution in [0.1, 0.15) is 11.1 Å². The molecular formula is C24H26FN4O2+. The van der Waals surface area contributed by atoms with E-state index in [1.54, 1.807) is 29.1 Å². The molecular weight excluding hydrogens is 395 g/mol. The minimum atomic E-state index is -0.339. The summed E-state index contributed by atoms with van der Waals surface area (Å²) in [6, 6.07) is 14.9. The first kappa shape index (κ1) is 20.8. The number of hydrogen-bond acceptors (Lipinski definition) is 3. The number of rotatable bonds is 6. The van der Waals surface area contributed by atoms with Crippen molar-refractivity contribution >= 4 is 12.0 Å². The molecule has 1 fully saturated rings. The molecule has 1 N–H and O–H groups in total. The quantitative estimate of drug-likeness (QED) is 0.619. The van der Waals surface area contributed by atoms with E-state index in [1.807, 2.05) is 47.5 Å². The Morgan fingerprint density at radius 2 is 1.97 bits per heavy atom. The number of amides is 1. The van der Waals surface area contributed by atoms with Crippen LogP contribution in [0.2, 0.25) is 0 Å². The van der Waals surface area contributed by atoms with Crippen molar-refractivity contribution in [2.24, 2.45) is 0 Å². The zero-order valence-electron chi connectivity index (χ0n) is 17.5. The van der Waals surface area contributed by atoms with Gasteiger partial charge in [0.1, 0.15) is 6.54 Å². The topological polar surface area (TPSA) is 51.8 Å². The third-order valence-electron chi connectivity index (χ3n) is 5.49. The summed E-state index contributed by atoms with van der Waals surface area (Å²) in [5, 5.41) is 4.35. The fourth-order valence-corrected chi connectivity index (χ4v) is 3.75. The molecule has 160 valence electrons. The predicted octanol–water partition coefficient (Wildman–Crippen LogP) is 1.96. The van der Waals surface area contributed by atoms with Gasteiger partial charge in [-0.3, -0.25) is 4.79 Å². The van der Waals surface area contributed by atoms with Crippen LogP contribution in [0.25, 0.3) is 11.8 Å². The molecule has 1 aromatic heterocycles. The Morgan fingerprint density at radius 3 is 2.68 bits per heavy atom. The molecule has 0 aliphatic carbocycles. The van der Waals surface area contributed by atoms with Crippen molar-refractivity contribution in [1.29, 1.82) is 0 Å². The van der Waals surface area contributed by atoms with Crippen LogP contribution >= 0.6 is 0 Å². The van der Waals surface area contributed by atoms with Gasteiger partial charge in [-0.25, -0.2) is 9.07 Å². The molecule has 0 atom stereocenters. The van der Waals surface area contributed by atoms with Crippen LogP contribution in [-0.2, 0) is 11.3 Å². The van der Waals surface area contributed by atoms with Gasteiger partial charge in [-0.15, -0.1) is 0 Å². The number of aromatic nitrogens is 2. The molecule has 6 nitrogen and oxygen atoms in total. The third-order valence-corrected chi connectivity index (χ3v) is 5.49. The number of ether oxygens (including phenoxy) is 1. The van der Waals surface area contributed by atoms with E-state index in [0.29, 0.717) is 13.1 Å². The maximum absolute atomic E-state index is 13.9. The number of halogens is 1. The van der Waals surface area contributed by atoms with E-state index in [1.165, 1.54) is 18.1 Å². The summed E-state index contributed by atoms with van der Waals surface area (Å²) in [6.45, 7) is 3.76. The first-order valence-electron chi connectivity index (χ1n) is 10.4. The van der Waals surface area contributed by atoms with Gasteiger partial charge < -0.3 is 14.5 Å². The first-order valence-corrected chi connectivity index (χ1v) is 10.4. The van der Waals surface area contributed by atoms with Crippen LogP contribution in [0.15, 0.2) is 67.0 Å². The molecule has 7 heteroatoms. The summed E-state index contributed by atoms with van der Waals surface area (Å²) in [5.41, 5.74) is 2.79. The largest absolute Gasteiger partial charge is 0.494 e.